The quantitative estimate of drug-likeness (QED) is 0.630. The van der Waals surface area contributed by atoms with Gasteiger partial charge in [0.25, 0.3) is 0 Å². The molecule has 0 unspecified atom stereocenters. The number of ether oxygens (including phenoxy) is 2. The lowest BCUT2D eigenvalue weighted by Gasteiger charge is -2.41. The van der Waals surface area contributed by atoms with Crippen LogP contribution in [0.25, 0.3) is 0 Å². The van der Waals surface area contributed by atoms with Gasteiger partial charge in [-0.15, -0.1) is 0 Å². The number of aryl methyl sites for hydroxylation is 1. The fraction of sp³-hybridized carbons (Fsp3) is 0.444. The first-order valence-electron chi connectivity index (χ1n) is 12.4. The number of benzene rings is 2. The Bertz CT molecular complexity index is 1210. The second-order valence-electron chi connectivity index (χ2n) is 9.66. The number of hydrogen-bond donors (Lipinski definition) is 2. The van der Waals surface area contributed by atoms with E-state index in [1.165, 1.54) is 0 Å². The van der Waals surface area contributed by atoms with E-state index in [4.69, 9.17) is 21.1 Å². The maximum Gasteiger partial charge on any atom is 0.409 e. The average molecular weight is 512 g/mol. The van der Waals surface area contributed by atoms with Crippen molar-refractivity contribution in [2.45, 2.75) is 57.1 Å². The van der Waals surface area contributed by atoms with Gasteiger partial charge in [0.1, 0.15) is 17.3 Å². The molecule has 2 atom stereocenters. The number of carbonyl (C=O) groups is 3. The number of rotatable bonds is 4. The predicted molar refractivity (Wildman–Crippen MR) is 135 cm³/mol. The molecule has 2 N–H and O–H groups in total. The molecule has 0 aliphatic carbocycles. The molecule has 3 aliphatic heterocycles. The van der Waals surface area contributed by atoms with Crippen molar-refractivity contribution in [1.29, 1.82) is 0 Å². The van der Waals surface area contributed by atoms with Crippen LogP contribution in [0, 0.1) is 6.92 Å². The van der Waals surface area contributed by atoms with Gasteiger partial charge >= 0.3 is 6.09 Å². The Morgan fingerprint density at radius 3 is 2.69 bits per heavy atom. The van der Waals surface area contributed by atoms with Crippen LogP contribution in [0.5, 0.6) is 5.75 Å². The molecule has 1 spiro atoms. The molecule has 190 valence electrons. The fourth-order valence-corrected chi connectivity index (χ4v) is 5.78. The maximum atomic E-state index is 13.6. The molecular weight excluding hydrogens is 482 g/mol. The van der Waals surface area contributed by atoms with Crippen LogP contribution in [-0.2, 0) is 19.7 Å². The molecule has 5 rings (SSSR count). The highest BCUT2D eigenvalue weighted by atomic mass is 35.5. The normalized spacial score (nSPS) is 23.8. The number of amides is 3. The van der Waals surface area contributed by atoms with E-state index in [9.17, 15) is 14.4 Å². The highest BCUT2D eigenvalue weighted by molar-refractivity contribution is 6.31. The van der Waals surface area contributed by atoms with Crippen LogP contribution < -0.4 is 15.4 Å². The summed E-state index contributed by atoms with van der Waals surface area (Å²) >= 11 is 6.20. The van der Waals surface area contributed by atoms with Crippen molar-refractivity contribution in [2.24, 2.45) is 0 Å². The molecular formula is C27H30ClN3O5. The fourth-order valence-electron chi connectivity index (χ4n) is 5.61. The second-order valence-corrected chi connectivity index (χ2v) is 10.1. The Hall–Kier alpha value is -3.26. The van der Waals surface area contributed by atoms with Gasteiger partial charge in [-0.3, -0.25) is 9.59 Å². The summed E-state index contributed by atoms with van der Waals surface area (Å²) < 4.78 is 11.6. The first-order valence-corrected chi connectivity index (χ1v) is 12.8. The molecule has 0 saturated carbocycles. The maximum absolute atomic E-state index is 13.6. The van der Waals surface area contributed by atoms with Crippen LogP contribution in [0.4, 0.5) is 10.5 Å². The van der Waals surface area contributed by atoms with Crippen LogP contribution in [0.1, 0.15) is 55.3 Å². The van der Waals surface area contributed by atoms with Crippen LogP contribution in [0.2, 0.25) is 5.02 Å². The molecule has 0 bridgehead atoms. The Morgan fingerprint density at radius 1 is 1.17 bits per heavy atom. The standard InChI is InChI=1S/C27H30ClN3O5/c1-3-35-26(34)31-12-9-18(10-13-31)36-22-7-4-16(2)14-19(22)24-27(11-8-23(32)30-24)20-6-5-17(28)15-21(20)29-25(27)33/h4-7,14-15,18,24H,3,8-13H2,1-2H3,(H,29,33)(H,30,32)/t24-,27-/m1/s1. The van der Waals surface area contributed by atoms with Gasteiger partial charge in [0.15, 0.2) is 0 Å². The van der Waals surface area contributed by atoms with Crippen molar-refractivity contribution in [3.05, 3.63) is 58.1 Å². The minimum absolute atomic E-state index is 0.101. The van der Waals surface area contributed by atoms with E-state index in [-0.39, 0.29) is 30.4 Å². The average Bonchev–Trinajstić information content (AvgIpc) is 3.13. The number of likely N-dealkylation sites (tertiary alicyclic amines) is 1. The summed E-state index contributed by atoms with van der Waals surface area (Å²) in [5, 5.41) is 6.64. The summed E-state index contributed by atoms with van der Waals surface area (Å²) in [6, 6.07) is 10.7. The molecule has 3 heterocycles. The van der Waals surface area contributed by atoms with Gasteiger partial charge in [0, 0.05) is 48.6 Å². The minimum atomic E-state index is -0.965. The molecule has 9 heteroatoms. The van der Waals surface area contributed by atoms with E-state index >= 15 is 0 Å². The number of carbonyl (C=O) groups excluding carboxylic acids is 3. The summed E-state index contributed by atoms with van der Waals surface area (Å²) in [7, 11) is 0. The Labute approximate surface area is 215 Å². The van der Waals surface area contributed by atoms with Gasteiger partial charge in [-0.1, -0.05) is 35.4 Å². The lowest BCUT2D eigenvalue weighted by Crippen LogP contribution is -2.52. The minimum Gasteiger partial charge on any atom is -0.490 e. The van der Waals surface area contributed by atoms with E-state index in [1.54, 1.807) is 24.0 Å². The Morgan fingerprint density at radius 2 is 1.94 bits per heavy atom. The van der Waals surface area contributed by atoms with Gasteiger partial charge in [-0.25, -0.2) is 4.79 Å². The lowest BCUT2D eigenvalue weighted by molar-refractivity contribution is -0.130. The number of fused-ring (bicyclic) bond motifs is 2. The molecule has 2 fully saturated rings. The number of piperidine rings is 2. The highest BCUT2D eigenvalue weighted by Crippen LogP contribution is 2.52. The van der Waals surface area contributed by atoms with Crippen molar-refractivity contribution >= 4 is 35.2 Å². The molecule has 3 amide bonds. The zero-order valence-corrected chi connectivity index (χ0v) is 21.2. The summed E-state index contributed by atoms with van der Waals surface area (Å²) in [4.78, 5) is 40.0. The van der Waals surface area contributed by atoms with Crippen LogP contribution in [-0.4, -0.2) is 48.6 Å². The molecule has 36 heavy (non-hydrogen) atoms. The van der Waals surface area contributed by atoms with E-state index in [2.05, 4.69) is 10.6 Å². The van der Waals surface area contributed by atoms with Crippen molar-refractivity contribution in [1.82, 2.24) is 10.2 Å². The van der Waals surface area contributed by atoms with Crippen molar-refractivity contribution < 1.29 is 23.9 Å². The Kier molecular flexibility index (Phi) is 6.55. The van der Waals surface area contributed by atoms with Gasteiger partial charge in [0.2, 0.25) is 11.8 Å². The number of nitrogens with one attached hydrogen (secondary N) is 2. The molecule has 8 nitrogen and oxygen atoms in total. The predicted octanol–water partition coefficient (Wildman–Crippen LogP) is 4.49. The van der Waals surface area contributed by atoms with Gasteiger partial charge in [-0.2, -0.15) is 0 Å². The molecule has 0 aromatic heterocycles. The molecule has 2 saturated heterocycles. The summed E-state index contributed by atoms with van der Waals surface area (Å²) in [6.07, 6.45) is 1.56. The number of nitrogens with zero attached hydrogens (tertiary/aromatic N) is 1. The first-order chi connectivity index (χ1) is 17.3. The molecule has 0 radical (unpaired) electrons. The smallest absolute Gasteiger partial charge is 0.409 e. The Balaban J connectivity index is 1.47. The van der Waals surface area contributed by atoms with Crippen molar-refractivity contribution in [3.63, 3.8) is 0 Å². The van der Waals surface area contributed by atoms with Crippen LogP contribution in [0.3, 0.4) is 0 Å². The third kappa shape index (κ3) is 4.28. The highest BCUT2D eigenvalue weighted by Gasteiger charge is 2.56. The van der Waals surface area contributed by atoms with Crippen LogP contribution >= 0.6 is 11.6 Å². The van der Waals surface area contributed by atoms with E-state index < -0.39 is 11.5 Å². The first kappa shape index (κ1) is 24.4. The third-order valence-electron chi connectivity index (χ3n) is 7.40. The molecule has 3 aliphatic rings. The SMILES string of the molecule is CCOC(=O)N1CCC(Oc2ccc(C)cc2[C@H]2NC(=O)CC[C@]23C(=O)Nc2cc(Cl)ccc23)CC1. The van der Waals surface area contributed by atoms with E-state index in [0.717, 1.165) is 16.7 Å². The number of anilines is 1. The zero-order valence-electron chi connectivity index (χ0n) is 20.4. The summed E-state index contributed by atoms with van der Waals surface area (Å²) in [5.74, 6) is 0.382. The van der Waals surface area contributed by atoms with Gasteiger partial charge < -0.3 is 25.0 Å². The van der Waals surface area contributed by atoms with Crippen molar-refractivity contribution in [2.75, 3.05) is 25.0 Å². The van der Waals surface area contributed by atoms with E-state index in [0.29, 0.717) is 55.4 Å². The monoisotopic (exact) mass is 511 g/mol. The molecule has 2 aromatic carbocycles. The lowest BCUT2D eigenvalue weighted by atomic mass is 9.67. The summed E-state index contributed by atoms with van der Waals surface area (Å²) in [5.41, 5.74) is 2.31. The van der Waals surface area contributed by atoms with E-state index in [1.807, 2.05) is 31.2 Å². The number of halogens is 1. The van der Waals surface area contributed by atoms with Crippen molar-refractivity contribution in [3.8, 4) is 5.75 Å². The summed E-state index contributed by atoms with van der Waals surface area (Å²) in [6.45, 7) is 5.21. The largest absolute Gasteiger partial charge is 0.490 e. The molecule has 2 aromatic rings. The zero-order chi connectivity index (χ0) is 25.4. The van der Waals surface area contributed by atoms with Gasteiger partial charge in [-0.05, 0) is 44.0 Å². The topological polar surface area (TPSA) is 97.0 Å². The third-order valence-corrected chi connectivity index (χ3v) is 7.63. The van der Waals surface area contributed by atoms with Crippen LogP contribution in [0.15, 0.2) is 36.4 Å². The second kappa shape index (κ2) is 9.65. The van der Waals surface area contributed by atoms with Gasteiger partial charge in [0.05, 0.1) is 12.6 Å². The number of hydrogen-bond acceptors (Lipinski definition) is 5.